The van der Waals surface area contributed by atoms with E-state index in [1.54, 1.807) is 12.1 Å². The summed E-state index contributed by atoms with van der Waals surface area (Å²) in [7, 11) is 1.53. The van der Waals surface area contributed by atoms with E-state index >= 15 is 0 Å². The predicted molar refractivity (Wildman–Crippen MR) is 109 cm³/mol. The number of carbonyl (C=O) groups excluding carboxylic acids is 1. The van der Waals surface area contributed by atoms with Gasteiger partial charge in [-0.05, 0) is 50.6 Å². The van der Waals surface area contributed by atoms with Gasteiger partial charge in [-0.3, -0.25) is 4.79 Å². The van der Waals surface area contributed by atoms with E-state index in [0.29, 0.717) is 60.7 Å². The number of hydrogen-bond donors (Lipinski definition) is 1. The van der Waals surface area contributed by atoms with Gasteiger partial charge >= 0.3 is 0 Å². The molecule has 3 rings (SSSR count). The normalized spacial score (nSPS) is 13.4. The van der Waals surface area contributed by atoms with Crippen LogP contribution in [0.15, 0.2) is 30.3 Å². The van der Waals surface area contributed by atoms with Crippen molar-refractivity contribution in [3.05, 3.63) is 41.5 Å². The second-order valence-electron chi connectivity index (χ2n) is 6.47. The molecule has 29 heavy (non-hydrogen) atoms. The van der Waals surface area contributed by atoms with Crippen LogP contribution in [-0.2, 0) is 0 Å². The maximum atomic E-state index is 12.8. The molecule has 1 heterocycles. The van der Waals surface area contributed by atoms with Gasteiger partial charge in [0.1, 0.15) is 13.2 Å². The molecule has 156 valence electrons. The topological polar surface area (TPSA) is 75.3 Å². The van der Waals surface area contributed by atoms with Gasteiger partial charge in [-0.25, -0.2) is 0 Å². The number of methoxy groups -OCH3 is 1. The molecular weight excluding hydrogens is 374 g/mol. The van der Waals surface area contributed by atoms with Gasteiger partial charge in [0.05, 0.1) is 26.4 Å². The van der Waals surface area contributed by atoms with Crippen LogP contribution in [0.25, 0.3) is 0 Å². The third-order valence-electron chi connectivity index (χ3n) is 4.51. The van der Waals surface area contributed by atoms with Crippen LogP contribution in [0.1, 0.15) is 42.7 Å². The van der Waals surface area contributed by atoms with Crippen LogP contribution in [0, 0.1) is 0 Å². The third-order valence-corrected chi connectivity index (χ3v) is 4.51. The first-order valence-corrected chi connectivity index (χ1v) is 9.75. The Bertz CT molecular complexity index is 849. The average molecular weight is 401 g/mol. The molecule has 1 atom stereocenters. The minimum absolute atomic E-state index is 0.236. The Morgan fingerprint density at radius 2 is 1.76 bits per heavy atom. The second-order valence-corrected chi connectivity index (χ2v) is 6.47. The Balaban J connectivity index is 1.79. The molecule has 0 fully saturated rings. The fourth-order valence-electron chi connectivity index (χ4n) is 3.10. The summed E-state index contributed by atoms with van der Waals surface area (Å²) >= 11 is 0. The van der Waals surface area contributed by atoms with Crippen LogP contribution in [0.2, 0.25) is 0 Å². The first-order valence-electron chi connectivity index (χ1n) is 9.75. The van der Waals surface area contributed by atoms with Crippen LogP contribution in [0.5, 0.6) is 28.7 Å². The molecule has 0 radical (unpaired) electrons. The summed E-state index contributed by atoms with van der Waals surface area (Å²) in [6, 6.07) is 8.76. The summed E-state index contributed by atoms with van der Waals surface area (Å²) in [6.07, 6.45) is 0. The molecular formula is C22H27NO6. The molecule has 0 unspecified atom stereocenters. The molecule has 0 spiro atoms. The Hall–Kier alpha value is -3.09. The smallest absolute Gasteiger partial charge is 0.252 e. The highest BCUT2D eigenvalue weighted by molar-refractivity contribution is 5.96. The zero-order valence-electron chi connectivity index (χ0n) is 17.2. The Kier molecular flexibility index (Phi) is 6.69. The molecule has 1 amide bonds. The molecule has 0 saturated heterocycles. The summed E-state index contributed by atoms with van der Waals surface area (Å²) in [4.78, 5) is 12.8. The summed E-state index contributed by atoms with van der Waals surface area (Å²) in [5, 5.41) is 3.00. The highest BCUT2D eigenvalue weighted by atomic mass is 16.6. The number of amides is 1. The lowest BCUT2D eigenvalue weighted by atomic mass is 10.1. The number of nitrogens with one attached hydrogen (secondary N) is 1. The lowest BCUT2D eigenvalue weighted by molar-refractivity contribution is 0.0937. The lowest BCUT2D eigenvalue weighted by Crippen LogP contribution is -2.27. The predicted octanol–water partition coefficient (Wildman–Crippen LogP) is 3.75. The molecule has 1 aliphatic rings. The molecule has 1 aliphatic heterocycles. The number of rotatable bonds is 8. The maximum Gasteiger partial charge on any atom is 0.252 e. The molecule has 0 aliphatic carbocycles. The number of benzene rings is 2. The summed E-state index contributed by atoms with van der Waals surface area (Å²) in [6.45, 7) is 7.73. The molecule has 0 aromatic heterocycles. The number of ether oxygens (including phenoxy) is 5. The quantitative estimate of drug-likeness (QED) is 0.726. The fourth-order valence-corrected chi connectivity index (χ4v) is 3.10. The highest BCUT2D eigenvalue weighted by Crippen LogP contribution is 2.40. The van der Waals surface area contributed by atoms with Crippen molar-refractivity contribution in [1.29, 1.82) is 0 Å². The molecule has 7 nitrogen and oxygen atoms in total. The van der Waals surface area contributed by atoms with Gasteiger partial charge in [0.25, 0.3) is 5.91 Å². The number of carbonyl (C=O) groups is 1. The Labute approximate surface area is 170 Å². The average Bonchev–Trinajstić information content (AvgIpc) is 2.74. The largest absolute Gasteiger partial charge is 0.493 e. The molecule has 1 N–H and O–H groups in total. The van der Waals surface area contributed by atoms with E-state index in [9.17, 15) is 4.79 Å². The summed E-state index contributed by atoms with van der Waals surface area (Å²) in [5.74, 6) is 2.62. The van der Waals surface area contributed by atoms with Crippen LogP contribution in [-0.4, -0.2) is 39.4 Å². The van der Waals surface area contributed by atoms with Crippen molar-refractivity contribution in [3.63, 3.8) is 0 Å². The van der Waals surface area contributed by atoms with Gasteiger partial charge in [0.15, 0.2) is 23.0 Å². The van der Waals surface area contributed by atoms with Crippen molar-refractivity contribution < 1.29 is 28.5 Å². The fraction of sp³-hybridized carbons (Fsp3) is 0.409. The maximum absolute atomic E-state index is 12.8. The van der Waals surface area contributed by atoms with Crippen LogP contribution in [0.3, 0.4) is 0 Å². The van der Waals surface area contributed by atoms with Gasteiger partial charge < -0.3 is 29.0 Å². The van der Waals surface area contributed by atoms with E-state index < -0.39 is 0 Å². The van der Waals surface area contributed by atoms with Crippen LogP contribution < -0.4 is 29.0 Å². The van der Waals surface area contributed by atoms with Gasteiger partial charge in [-0.1, -0.05) is 6.07 Å². The minimum atomic E-state index is -0.239. The lowest BCUT2D eigenvalue weighted by Gasteiger charge is -2.22. The molecule has 7 heteroatoms. The second kappa shape index (κ2) is 9.41. The minimum Gasteiger partial charge on any atom is -0.493 e. The van der Waals surface area contributed by atoms with E-state index in [4.69, 9.17) is 23.7 Å². The molecule has 0 saturated carbocycles. The van der Waals surface area contributed by atoms with Gasteiger partial charge in [0.2, 0.25) is 5.75 Å². The van der Waals surface area contributed by atoms with Crippen molar-refractivity contribution in [3.8, 4) is 28.7 Å². The molecule has 2 aromatic carbocycles. The van der Waals surface area contributed by atoms with Gasteiger partial charge in [-0.15, -0.1) is 0 Å². The standard InChI is InChI=1S/C22H27NO6/c1-5-26-17-8-7-15(11-18(17)27-6-2)14(3)23-22(24)16-12-19(25-4)21-20(13-16)28-9-10-29-21/h7-8,11-14H,5-6,9-10H2,1-4H3,(H,23,24)/t14-/m1/s1. The van der Waals surface area contributed by atoms with Gasteiger partial charge in [-0.2, -0.15) is 0 Å². The SMILES string of the molecule is CCOc1ccc([C@@H](C)NC(=O)c2cc(OC)c3c(c2)OCCO3)cc1OCC. The van der Waals surface area contributed by atoms with Crippen molar-refractivity contribution in [2.75, 3.05) is 33.5 Å². The number of fused-ring (bicyclic) bond motifs is 1. The first kappa shape index (κ1) is 20.6. The monoisotopic (exact) mass is 401 g/mol. The van der Waals surface area contributed by atoms with Gasteiger partial charge in [0, 0.05) is 5.56 Å². The van der Waals surface area contributed by atoms with Crippen molar-refractivity contribution >= 4 is 5.91 Å². The number of hydrogen-bond acceptors (Lipinski definition) is 6. The molecule has 0 bridgehead atoms. The van der Waals surface area contributed by atoms with Crippen molar-refractivity contribution in [2.45, 2.75) is 26.8 Å². The van der Waals surface area contributed by atoms with E-state index in [2.05, 4.69) is 5.32 Å². The zero-order valence-corrected chi connectivity index (χ0v) is 17.2. The van der Waals surface area contributed by atoms with E-state index in [1.807, 2.05) is 39.0 Å². The summed E-state index contributed by atoms with van der Waals surface area (Å²) < 4.78 is 27.8. The van der Waals surface area contributed by atoms with Crippen LogP contribution in [0.4, 0.5) is 0 Å². The molecule has 2 aromatic rings. The van der Waals surface area contributed by atoms with E-state index in [0.717, 1.165) is 5.56 Å². The highest BCUT2D eigenvalue weighted by Gasteiger charge is 2.22. The van der Waals surface area contributed by atoms with Crippen molar-refractivity contribution in [1.82, 2.24) is 5.32 Å². The summed E-state index contributed by atoms with van der Waals surface area (Å²) in [5.41, 5.74) is 1.35. The Morgan fingerprint density at radius 3 is 2.48 bits per heavy atom. The van der Waals surface area contributed by atoms with Crippen molar-refractivity contribution in [2.24, 2.45) is 0 Å². The zero-order chi connectivity index (χ0) is 20.8. The first-order chi connectivity index (χ1) is 14.1. The van der Waals surface area contributed by atoms with E-state index in [1.165, 1.54) is 7.11 Å². The third kappa shape index (κ3) is 4.67. The Morgan fingerprint density at radius 1 is 1.03 bits per heavy atom. The van der Waals surface area contributed by atoms with Crippen LogP contribution >= 0.6 is 0 Å². The van der Waals surface area contributed by atoms with E-state index in [-0.39, 0.29) is 11.9 Å².